The number of ether oxygens (including phenoxy) is 1. The number of nitrogens with one attached hydrogen (secondary N) is 1. The lowest BCUT2D eigenvalue weighted by atomic mass is 9.88. The Morgan fingerprint density at radius 3 is 2.37 bits per heavy atom. The fraction of sp³-hybridized carbons (Fsp3) is 0.611. The van der Waals surface area contributed by atoms with Crippen LogP contribution in [0.4, 0.5) is 10.6 Å². The minimum atomic E-state index is -0.880. The summed E-state index contributed by atoms with van der Waals surface area (Å²) < 4.78 is 5.79. The predicted molar refractivity (Wildman–Crippen MR) is 106 cm³/mol. The van der Waals surface area contributed by atoms with Crippen molar-refractivity contribution in [2.75, 3.05) is 12.4 Å². The number of nitrogens with two attached hydrogens (primary N) is 1. The molecule has 1 fully saturated rings. The number of halogens is 1. The number of rotatable bonds is 5. The van der Waals surface area contributed by atoms with Crippen LogP contribution in [0, 0.1) is 0 Å². The van der Waals surface area contributed by atoms with Crippen LogP contribution >= 0.6 is 15.9 Å². The molecule has 0 atom stereocenters. The number of pyridine rings is 1. The van der Waals surface area contributed by atoms with E-state index in [4.69, 9.17) is 10.5 Å². The lowest BCUT2D eigenvalue weighted by molar-refractivity contribution is 0.0556. The number of carbonyl (C=O) groups is 2. The Hall–Kier alpha value is -2.03. The van der Waals surface area contributed by atoms with Gasteiger partial charge in [-0.15, -0.1) is 0 Å². The molecule has 0 spiro atoms. The zero-order chi connectivity index (χ0) is 20.4. The first-order valence-corrected chi connectivity index (χ1v) is 9.67. The van der Waals surface area contributed by atoms with E-state index >= 15 is 0 Å². The number of nitrogens with zero attached hydrogens (tertiary/aromatic N) is 2. The van der Waals surface area contributed by atoms with Crippen LogP contribution < -0.4 is 15.8 Å². The first kappa shape index (κ1) is 21.3. The molecular formula is C18H27BrN4O4. The highest BCUT2D eigenvalue weighted by atomic mass is 79.9. The van der Waals surface area contributed by atoms with Crippen molar-refractivity contribution < 1.29 is 19.4 Å². The molecule has 1 heterocycles. The molecule has 1 aliphatic carbocycles. The van der Waals surface area contributed by atoms with Crippen LogP contribution in [-0.2, 0) is 0 Å². The molecule has 0 saturated heterocycles. The maximum absolute atomic E-state index is 11.7. The van der Waals surface area contributed by atoms with Crippen LogP contribution in [0.25, 0.3) is 0 Å². The van der Waals surface area contributed by atoms with Crippen LogP contribution in [0.15, 0.2) is 10.5 Å². The molecule has 1 aliphatic rings. The lowest BCUT2D eigenvalue weighted by Crippen LogP contribution is -2.52. The van der Waals surface area contributed by atoms with E-state index in [-0.39, 0.29) is 23.5 Å². The van der Waals surface area contributed by atoms with Crippen molar-refractivity contribution in [3.05, 3.63) is 16.1 Å². The summed E-state index contributed by atoms with van der Waals surface area (Å²) in [7, 11) is 1.44. The average molecular weight is 443 g/mol. The summed E-state index contributed by atoms with van der Waals surface area (Å²) in [5.41, 5.74) is 5.12. The molecule has 1 aromatic heterocycles. The van der Waals surface area contributed by atoms with Crippen LogP contribution in [0.2, 0.25) is 0 Å². The summed E-state index contributed by atoms with van der Waals surface area (Å²) in [4.78, 5) is 29.0. The second kappa shape index (κ2) is 8.33. The van der Waals surface area contributed by atoms with Gasteiger partial charge in [0.1, 0.15) is 11.4 Å². The maximum atomic E-state index is 11.7. The molecule has 2 rings (SSSR count). The second-order valence-corrected chi connectivity index (χ2v) is 8.57. The predicted octanol–water partition coefficient (Wildman–Crippen LogP) is 3.45. The molecule has 150 valence electrons. The number of amides is 2. The van der Waals surface area contributed by atoms with Gasteiger partial charge in [0, 0.05) is 17.6 Å². The van der Waals surface area contributed by atoms with E-state index in [1.54, 1.807) is 11.0 Å². The van der Waals surface area contributed by atoms with Gasteiger partial charge in [0.25, 0.3) is 5.91 Å². The average Bonchev–Trinajstić information content (AvgIpc) is 2.56. The third-order valence-corrected chi connectivity index (χ3v) is 5.34. The monoisotopic (exact) mass is 442 g/mol. The van der Waals surface area contributed by atoms with Gasteiger partial charge in [-0.05, 0) is 68.5 Å². The molecule has 2 amide bonds. The Morgan fingerprint density at radius 1 is 1.33 bits per heavy atom. The highest BCUT2D eigenvalue weighted by Gasteiger charge is 2.35. The number of anilines is 1. The van der Waals surface area contributed by atoms with Crippen molar-refractivity contribution in [3.63, 3.8) is 0 Å². The van der Waals surface area contributed by atoms with Crippen molar-refractivity contribution in [2.24, 2.45) is 5.73 Å². The highest BCUT2D eigenvalue weighted by molar-refractivity contribution is 9.10. The fourth-order valence-corrected chi connectivity index (χ4v) is 4.00. The van der Waals surface area contributed by atoms with Gasteiger partial charge in [-0.3, -0.25) is 4.79 Å². The standard InChI is InChI=1S/C18H27BrN4O4/c1-18(2,3)23(17(25)26)11-7-5-10(6-8-11)21-15-13(19)9-12(14(20)24)16(22-15)27-4/h9-11H,5-8H2,1-4H3,(H2,20,24)(H,21,22)(H,25,26). The minimum Gasteiger partial charge on any atom is -0.480 e. The number of hydrogen-bond acceptors (Lipinski definition) is 5. The van der Waals surface area contributed by atoms with Gasteiger partial charge in [0.15, 0.2) is 0 Å². The molecule has 8 nitrogen and oxygen atoms in total. The third kappa shape index (κ3) is 5.03. The van der Waals surface area contributed by atoms with Crippen LogP contribution in [0.5, 0.6) is 5.88 Å². The van der Waals surface area contributed by atoms with Crippen LogP contribution in [0.3, 0.4) is 0 Å². The molecule has 27 heavy (non-hydrogen) atoms. The SMILES string of the molecule is COc1nc(NC2CCC(N(C(=O)O)C(C)(C)C)CC2)c(Br)cc1C(N)=O. The fourth-order valence-electron chi connectivity index (χ4n) is 3.57. The number of aromatic nitrogens is 1. The molecule has 4 N–H and O–H groups in total. The van der Waals surface area contributed by atoms with Gasteiger partial charge in [-0.2, -0.15) is 4.98 Å². The molecular weight excluding hydrogens is 416 g/mol. The van der Waals surface area contributed by atoms with Crippen molar-refractivity contribution in [2.45, 2.75) is 64.1 Å². The normalized spacial score (nSPS) is 20.0. The molecule has 9 heteroatoms. The van der Waals surface area contributed by atoms with E-state index < -0.39 is 17.5 Å². The number of primary amides is 1. The highest BCUT2D eigenvalue weighted by Crippen LogP contribution is 2.32. The zero-order valence-electron chi connectivity index (χ0n) is 16.1. The quantitative estimate of drug-likeness (QED) is 0.642. The van der Waals surface area contributed by atoms with Gasteiger partial charge < -0.3 is 25.8 Å². The Balaban J connectivity index is 2.08. The number of carboxylic acid groups (broad SMARTS) is 1. The Bertz CT molecular complexity index is 712. The number of hydrogen-bond donors (Lipinski definition) is 3. The van der Waals surface area contributed by atoms with E-state index in [1.165, 1.54) is 7.11 Å². The van der Waals surface area contributed by atoms with Crippen LogP contribution in [-0.4, -0.2) is 51.7 Å². The summed E-state index contributed by atoms with van der Waals surface area (Å²) in [6.45, 7) is 5.75. The Labute approximate surface area is 167 Å². The maximum Gasteiger partial charge on any atom is 0.407 e. The van der Waals surface area contributed by atoms with Crippen molar-refractivity contribution in [1.29, 1.82) is 0 Å². The molecule has 0 bridgehead atoms. The first-order chi connectivity index (χ1) is 12.5. The lowest BCUT2D eigenvalue weighted by Gasteiger charge is -2.42. The number of carbonyl (C=O) groups excluding carboxylic acids is 1. The summed E-state index contributed by atoms with van der Waals surface area (Å²) in [6.07, 6.45) is 2.30. The van der Waals surface area contributed by atoms with E-state index in [0.29, 0.717) is 10.3 Å². The van der Waals surface area contributed by atoms with Crippen LogP contribution in [0.1, 0.15) is 56.8 Å². The van der Waals surface area contributed by atoms with E-state index in [9.17, 15) is 14.7 Å². The summed E-state index contributed by atoms with van der Waals surface area (Å²) in [5.74, 6) is 0.140. The first-order valence-electron chi connectivity index (χ1n) is 8.87. The second-order valence-electron chi connectivity index (χ2n) is 7.71. The number of methoxy groups -OCH3 is 1. The minimum absolute atomic E-state index is 0.00345. The van der Waals surface area contributed by atoms with Gasteiger partial charge in [0.05, 0.1) is 11.6 Å². The van der Waals surface area contributed by atoms with E-state index in [2.05, 4.69) is 26.2 Å². The molecule has 1 saturated carbocycles. The molecule has 0 aliphatic heterocycles. The van der Waals surface area contributed by atoms with Gasteiger partial charge in [0.2, 0.25) is 5.88 Å². The largest absolute Gasteiger partial charge is 0.480 e. The van der Waals surface area contributed by atoms with Gasteiger partial charge in [-0.1, -0.05) is 0 Å². The summed E-state index contributed by atoms with van der Waals surface area (Å²) in [6, 6.07) is 1.75. The molecule has 0 unspecified atom stereocenters. The summed E-state index contributed by atoms with van der Waals surface area (Å²) >= 11 is 3.41. The smallest absolute Gasteiger partial charge is 0.407 e. The van der Waals surface area contributed by atoms with Crippen molar-refractivity contribution in [3.8, 4) is 5.88 Å². The van der Waals surface area contributed by atoms with E-state index in [0.717, 1.165) is 25.7 Å². The summed E-state index contributed by atoms with van der Waals surface area (Å²) in [5, 5.41) is 12.9. The molecule has 1 aromatic rings. The zero-order valence-corrected chi connectivity index (χ0v) is 17.7. The van der Waals surface area contributed by atoms with Gasteiger partial charge in [-0.25, -0.2) is 4.79 Å². The Kier molecular flexibility index (Phi) is 6.56. The Morgan fingerprint density at radius 2 is 1.93 bits per heavy atom. The topological polar surface area (TPSA) is 118 Å². The third-order valence-electron chi connectivity index (χ3n) is 4.73. The van der Waals surface area contributed by atoms with Gasteiger partial charge >= 0.3 is 6.09 Å². The molecule has 0 aromatic carbocycles. The van der Waals surface area contributed by atoms with Crippen molar-refractivity contribution in [1.82, 2.24) is 9.88 Å². The van der Waals surface area contributed by atoms with Crippen molar-refractivity contribution >= 4 is 33.7 Å². The van der Waals surface area contributed by atoms with E-state index in [1.807, 2.05) is 20.8 Å². The molecule has 0 radical (unpaired) electrons.